The molecule has 1 aromatic carbocycles. The van der Waals surface area contributed by atoms with E-state index in [-0.39, 0.29) is 24.8 Å². The molecule has 0 fully saturated rings. The van der Waals surface area contributed by atoms with Gasteiger partial charge in [-0.15, -0.1) is 12.4 Å². The van der Waals surface area contributed by atoms with Gasteiger partial charge in [-0.2, -0.15) is 0 Å². The van der Waals surface area contributed by atoms with Crippen molar-refractivity contribution in [1.82, 2.24) is 0 Å². The summed E-state index contributed by atoms with van der Waals surface area (Å²) in [6.45, 7) is -0.177. The first-order valence-corrected chi connectivity index (χ1v) is 4.30. The van der Waals surface area contributed by atoms with E-state index in [1.165, 1.54) is 0 Å². The van der Waals surface area contributed by atoms with Crippen LogP contribution in [-0.2, 0) is 0 Å². The lowest BCUT2D eigenvalue weighted by molar-refractivity contribution is 0.265. The fourth-order valence-corrected chi connectivity index (χ4v) is 1.31. The molecule has 74 valence electrons. The third kappa shape index (κ3) is 2.84. The van der Waals surface area contributed by atoms with Crippen LogP contribution in [0.3, 0.4) is 0 Å². The Labute approximate surface area is 91.1 Å². The van der Waals surface area contributed by atoms with Gasteiger partial charge in [0, 0.05) is 5.56 Å². The summed E-state index contributed by atoms with van der Waals surface area (Å²) in [6, 6.07) is 4.63. The highest BCUT2D eigenvalue weighted by Gasteiger charge is 2.10. The molecule has 0 aromatic heterocycles. The predicted octanol–water partition coefficient (Wildman–Crippen LogP) is 1.57. The standard InChI is InChI=1S/C8H10BrNO2.ClH/c9-6-3-1-2-5(8(6)12)7(10)4-11;/h1-3,7,11-12H,4,10H2;1H. The Balaban J connectivity index is 0.00000144. The number of aromatic hydroxyl groups is 1. The van der Waals surface area contributed by atoms with E-state index in [1.807, 2.05) is 0 Å². The topological polar surface area (TPSA) is 66.5 Å². The maximum absolute atomic E-state index is 9.46. The zero-order chi connectivity index (χ0) is 9.14. The smallest absolute Gasteiger partial charge is 0.134 e. The maximum atomic E-state index is 9.46. The first-order chi connectivity index (χ1) is 5.66. The molecule has 0 aliphatic rings. The lowest BCUT2D eigenvalue weighted by Gasteiger charge is -2.10. The number of phenolic OH excluding ortho intramolecular Hbond substituents is 1. The fraction of sp³-hybridized carbons (Fsp3) is 0.250. The fourth-order valence-electron chi connectivity index (χ4n) is 0.930. The molecular weight excluding hydrogens is 257 g/mol. The number of aliphatic hydroxyl groups is 1. The summed E-state index contributed by atoms with van der Waals surface area (Å²) >= 11 is 3.16. The van der Waals surface area contributed by atoms with Crippen molar-refractivity contribution in [3.63, 3.8) is 0 Å². The van der Waals surface area contributed by atoms with Gasteiger partial charge >= 0.3 is 0 Å². The summed E-state index contributed by atoms with van der Waals surface area (Å²) in [7, 11) is 0. The quantitative estimate of drug-likeness (QED) is 0.763. The Morgan fingerprint density at radius 2 is 2.08 bits per heavy atom. The summed E-state index contributed by atoms with van der Waals surface area (Å²) in [5.74, 6) is 0.0963. The van der Waals surface area contributed by atoms with Crippen LogP contribution < -0.4 is 5.73 Å². The van der Waals surface area contributed by atoms with Crippen molar-refractivity contribution in [1.29, 1.82) is 0 Å². The van der Waals surface area contributed by atoms with Crippen LogP contribution in [0.4, 0.5) is 0 Å². The van der Waals surface area contributed by atoms with Crippen molar-refractivity contribution in [2.45, 2.75) is 6.04 Å². The molecule has 13 heavy (non-hydrogen) atoms. The summed E-state index contributed by atoms with van der Waals surface area (Å²) in [5, 5.41) is 18.2. The Bertz CT molecular complexity index is 283. The molecule has 0 radical (unpaired) electrons. The first kappa shape index (κ1) is 12.7. The second-order valence-corrected chi connectivity index (χ2v) is 3.32. The molecule has 1 rings (SSSR count). The lowest BCUT2D eigenvalue weighted by Crippen LogP contribution is -2.14. The van der Waals surface area contributed by atoms with Crippen molar-refractivity contribution in [3.8, 4) is 5.75 Å². The van der Waals surface area contributed by atoms with Gasteiger partial charge in [0.05, 0.1) is 17.1 Å². The van der Waals surface area contributed by atoms with Crippen LogP contribution in [0.2, 0.25) is 0 Å². The summed E-state index contributed by atoms with van der Waals surface area (Å²) in [5.41, 5.74) is 6.08. The molecule has 0 amide bonds. The molecule has 0 aliphatic heterocycles. The third-order valence-electron chi connectivity index (χ3n) is 1.61. The Kier molecular flexibility index (Phi) is 5.32. The molecule has 1 unspecified atom stereocenters. The van der Waals surface area contributed by atoms with Gasteiger partial charge in [0.1, 0.15) is 5.75 Å². The zero-order valence-electron chi connectivity index (χ0n) is 6.77. The largest absolute Gasteiger partial charge is 0.506 e. The summed E-state index contributed by atoms with van der Waals surface area (Å²) < 4.78 is 0.587. The first-order valence-electron chi connectivity index (χ1n) is 3.50. The van der Waals surface area contributed by atoms with Crippen LogP contribution in [-0.4, -0.2) is 16.8 Å². The number of hydrogen-bond donors (Lipinski definition) is 3. The second kappa shape index (κ2) is 5.44. The molecule has 0 saturated carbocycles. The van der Waals surface area contributed by atoms with Gasteiger partial charge in [-0.05, 0) is 22.0 Å². The highest BCUT2D eigenvalue weighted by Crippen LogP contribution is 2.30. The van der Waals surface area contributed by atoms with Crippen LogP contribution >= 0.6 is 28.3 Å². The summed E-state index contributed by atoms with van der Waals surface area (Å²) in [4.78, 5) is 0. The normalized spacial score (nSPS) is 11.9. The van der Waals surface area contributed by atoms with Gasteiger partial charge < -0.3 is 15.9 Å². The number of para-hydroxylation sites is 1. The van der Waals surface area contributed by atoms with Crippen LogP contribution in [0.15, 0.2) is 22.7 Å². The van der Waals surface area contributed by atoms with E-state index in [4.69, 9.17) is 10.8 Å². The van der Waals surface area contributed by atoms with Crippen LogP contribution in [0.5, 0.6) is 5.75 Å². The van der Waals surface area contributed by atoms with Crippen LogP contribution in [0.1, 0.15) is 11.6 Å². The molecule has 5 heteroatoms. The van der Waals surface area contributed by atoms with Gasteiger partial charge in [-0.1, -0.05) is 12.1 Å². The van der Waals surface area contributed by atoms with E-state index in [9.17, 15) is 5.11 Å². The SMILES string of the molecule is Cl.NC(CO)c1cccc(Br)c1O. The monoisotopic (exact) mass is 267 g/mol. The zero-order valence-corrected chi connectivity index (χ0v) is 9.18. The van der Waals surface area contributed by atoms with E-state index in [2.05, 4.69) is 15.9 Å². The molecule has 0 spiro atoms. The minimum atomic E-state index is -0.525. The van der Waals surface area contributed by atoms with E-state index in [1.54, 1.807) is 18.2 Å². The van der Waals surface area contributed by atoms with Crippen molar-refractivity contribution in [2.75, 3.05) is 6.61 Å². The Morgan fingerprint density at radius 1 is 1.46 bits per heavy atom. The number of aliphatic hydroxyl groups excluding tert-OH is 1. The number of nitrogens with two attached hydrogens (primary N) is 1. The van der Waals surface area contributed by atoms with Gasteiger partial charge in [0.2, 0.25) is 0 Å². The Hall–Kier alpha value is -0.290. The van der Waals surface area contributed by atoms with Gasteiger partial charge in [0.15, 0.2) is 0 Å². The van der Waals surface area contributed by atoms with Gasteiger partial charge in [-0.25, -0.2) is 0 Å². The minimum absolute atomic E-state index is 0. The molecule has 0 aliphatic carbocycles. The van der Waals surface area contributed by atoms with E-state index >= 15 is 0 Å². The van der Waals surface area contributed by atoms with E-state index < -0.39 is 6.04 Å². The number of halogens is 2. The van der Waals surface area contributed by atoms with Crippen LogP contribution in [0, 0.1) is 0 Å². The highest BCUT2D eigenvalue weighted by molar-refractivity contribution is 9.10. The van der Waals surface area contributed by atoms with Crippen molar-refractivity contribution < 1.29 is 10.2 Å². The second-order valence-electron chi connectivity index (χ2n) is 2.47. The third-order valence-corrected chi connectivity index (χ3v) is 2.25. The van der Waals surface area contributed by atoms with Crippen molar-refractivity contribution >= 4 is 28.3 Å². The Morgan fingerprint density at radius 3 is 2.62 bits per heavy atom. The van der Waals surface area contributed by atoms with Crippen LogP contribution in [0.25, 0.3) is 0 Å². The average Bonchev–Trinajstić information content (AvgIpc) is 2.08. The number of benzene rings is 1. The highest BCUT2D eigenvalue weighted by atomic mass is 79.9. The van der Waals surface area contributed by atoms with Gasteiger partial charge in [0.25, 0.3) is 0 Å². The lowest BCUT2D eigenvalue weighted by atomic mass is 10.1. The number of phenols is 1. The molecule has 1 aromatic rings. The molecule has 4 N–H and O–H groups in total. The molecule has 0 saturated heterocycles. The molecular formula is C8H11BrClNO2. The maximum Gasteiger partial charge on any atom is 0.134 e. The average molecular weight is 269 g/mol. The molecule has 3 nitrogen and oxygen atoms in total. The molecule has 0 bridgehead atoms. The number of hydrogen-bond acceptors (Lipinski definition) is 3. The van der Waals surface area contributed by atoms with Crippen molar-refractivity contribution in [3.05, 3.63) is 28.2 Å². The van der Waals surface area contributed by atoms with Gasteiger partial charge in [-0.3, -0.25) is 0 Å². The molecule has 0 heterocycles. The number of rotatable bonds is 2. The van der Waals surface area contributed by atoms with E-state index in [0.717, 1.165) is 0 Å². The molecule has 1 atom stereocenters. The predicted molar refractivity (Wildman–Crippen MR) is 57.1 cm³/mol. The summed E-state index contributed by atoms with van der Waals surface area (Å²) in [6.07, 6.45) is 0. The van der Waals surface area contributed by atoms with Crippen molar-refractivity contribution in [2.24, 2.45) is 5.73 Å². The van der Waals surface area contributed by atoms with E-state index in [0.29, 0.717) is 10.0 Å². The minimum Gasteiger partial charge on any atom is -0.506 e.